The monoisotopic (exact) mass is 385 g/mol. The quantitative estimate of drug-likeness (QED) is 0.678. The second-order valence-corrected chi connectivity index (χ2v) is 6.79. The van der Waals surface area contributed by atoms with Gasteiger partial charge in [0.1, 0.15) is 5.75 Å². The van der Waals surface area contributed by atoms with Gasteiger partial charge in [0.2, 0.25) is 5.91 Å². The first-order valence-corrected chi connectivity index (χ1v) is 8.47. The number of methoxy groups -OCH3 is 1. The van der Waals surface area contributed by atoms with Gasteiger partial charge in [0, 0.05) is 23.6 Å². The van der Waals surface area contributed by atoms with Crippen molar-refractivity contribution in [3.05, 3.63) is 36.0 Å². The number of carbonyl (C=O) groups is 1. The van der Waals surface area contributed by atoms with Crippen LogP contribution in [0.3, 0.4) is 0 Å². The molecule has 0 spiro atoms. The van der Waals surface area contributed by atoms with E-state index in [9.17, 15) is 18.0 Å². The van der Waals surface area contributed by atoms with Crippen molar-refractivity contribution in [1.29, 1.82) is 0 Å². The fourth-order valence-electron chi connectivity index (χ4n) is 2.44. The molecular weight excluding hydrogens is 363 g/mol. The largest absolute Gasteiger partial charge is 0.497 e. The van der Waals surface area contributed by atoms with E-state index in [-0.39, 0.29) is 18.2 Å². The van der Waals surface area contributed by atoms with E-state index in [0.717, 1.165) is 0 Å². The molecule has 27 heavy (non-hydrogen) atoms. The number of alkyl halides is 3. The molecule has 148 valence electrons. The Morgan fingerprint density at radius 3 is 2.63 bits per heavy atom. The predicted molar refractivity (Wildman–Crippen MR) is 92.3 cm³/mol. The molecule has 0 saturated carbocycles. The van der Waals surface area contributed by atoms with E-state index in [2.05, 4.69) is 20.0 Å². The summed E-state index contributed by atoms with van der Waals surface area (Å²) < 4.78 is 46.6. The Morgan fingerprint density at radius 1 is 1.26 bits per heavy atom. The lowest BCUT2D eigenvalue weighted by atomic mass is 9.86. The molecule has 0 bridgehead atoms. The predicted octanol–water partition coefficient (Wildman–Crippen LogP) is 4.47. The molecule has 6 nitrogen and oxygen atoms in total. The minimum atomic E-state index is -4.63. The molecule has 0 aliphatic carbocycles. The highest BCUT2D eigenvalue weighted by Crippen LogP contribution is 2.29. The van der Waals surface area contributed by atoms with E-state index in [0.29, 0.717) is 30.7 Å². The number of nitrogens with zero attached hydrogens (tertiary/aromatic N) is 2. The van der Waals surface area contributed by atoms with Gasteiger partial charge in [-0.3, -0.25) is 4.79 Å². The van der Waals surface area contributed by atoms with Crippen LogP contribution in [0, 0.1) is 5.41 Å². The summed E-state index contributed by atoms with van der Waals surface area (Å²) in [7, 11) is 1.55. The number of anilines is 1. The van der Waals surface area contributed by atoms with Crippen molar-refractivity contribution in [2.75, 3.05) is 12.4 Å². The Labute approximate surface area is 155 Å². The zero-order valence-corrected chi connectivity index (χ0v) is 15.4. The molecule has 0 atom stereocenters. The van der Waals surface area contributed by atoms with Crippen molar-refractivity contribution in [2.45, 2.75) is 45.7 Å². The fraction of sp³-hybridized carbons (Fsp3) is 0.500. The second kappa shape index (κ2) is 8.41. The topological polar surface area (TPSA) is 77.2 Å². The highest BCUT2D eigenvalue weighted by molar-refractivity contribution is 5.94. The Hall–Kier alpha value is -2.58. The van der Waals surface area contributed by atoms with Gasteiger partial charge in [-0.25, -0.2) is 0 Å². The van der Waals surface area contributed by atoms with Crippen LogP contribution < -0.4 is 10.1 Å². The van der Waals surface area contributed by atoms with Crippen LogP contribution in [0.15, 0.2) is 28.8 Å². The molecule has 1 N–H and O–H groups in total. The molecule has 1 heterocycles. The molecule has 0 radical (unpaired) electrons. The summed E-state index contributed by atoms with van der Waals surface area (Å²) in [6.45, 7) is 3.64. The van der Waals surface area contributed by atoms with Crippen molar-refractivity contribution in [3.8, 4) is 5.75 Å². The van der Waals surface area contributed by atoms with E-state index in [1.165, 1.54) is 0 Å². The molecule has 9 heteroatoms. The average Bonchev–Trinajstić information content (AvgIpc) is 3.08. The smallest absolute Gasteiger partial charge is 0.471 e. The number of hydrogen-bond acceptors (Lipinski definition) is 5. The number of ether oxygens (including phenoxy) is 1. The number of unbranched alkanes of at least 4 members (excludes halogenated alkanes) is 1. The molecule has 1 amide bonds. The van der Waals surface area contributed by atoms with Crippen LogP contribution >= 0.6 is 0 Å². The van der Waals surface area contributed by atoms with Crippen LogP contribution in [0.25, 0.3) is 0 Å². The Balaban J connectivity index is 1.81. The number of hydrogen-bond donors (Lipinski definition) is 1. The highest BCUT2D eigenvalue weighted by atomic mass is 19.4. The SMILES string of the molecule is COc1cccc(NC(=O)C(C)(C)CCCCc2noc(C(F)(F)F)n2)c1. The molecule has 0 fully saturated rings. The lowest BCUT2D eigenvalue weighted by Crippen LogP contribution is -2.30. The van der Waals surface area contributed by atoms with Crippen LogP contribution in [0.4, 0.5) is 18.9 Å². The maximum atomic E-state index is 12.5. The number of aromatic nitrogens is 2. The summed E-state index contributed by atoms with van der Waals surface area (Å²) in [5.41, 5.74) is -0.00354. The second-order valence-electron chi connectivity index (χ2n) is 6.79. The zero-order chi connectivity index (χ0) is 20.1. The first kappa shape index (κ1) is 20.7. The van der Waals surface area contributed by atoms with Gasteiger partial charge in [-0.1, -0.05) is 31.5 Å². The van der Waals surface area contributed by atoms with Gasteiger partial charge in [-0.05, 0) is 25.0 Å². The van der Waals surface area contributed by atoms with Gasteiger partial charge in [0.15, 0.2) is 5.82 Å². The number of carbonyl (C=O) groups excluding carboxylic acids is 1. The summed E-state index contributed by atoms with van der Waals surface area (Å²) >= 11 is 0. The Bertz CT molecular complexity index is 772. The number of benzene rings is 1. The summed E-state index contributed by atoms with van der Waals surface area (Å²) in [6.07, 6.45) is -2.63. The Morgan fingerprint density at radius 2 is 2.00 bits per heavy atom. The molecule has 0 aliphatic rings. The molecule has 0 saturated heterocycles. The standard InChI is InChI=1S/C18H22F3N3O3/c1-17(2,15(25)22-12-7-6-8-13(11-12)26-3)10-5-4-9-14-23-16(27-24-14)18(19,20)21/h6-8,11H,4-5,9-10H2,1-3H3,(H,22,25). The van der Waals surface area contributed by atoms with Crippen molar-refractivity contribution < 1.29 is 27.2 Å². The van der Waals surface area contributed by atoms with Crippen LogP contribution in [0.1, 0.15) is 44.8 Å². The molecule has 0 aliphatic heterocycles. The van der Waals surface area contributed by atoms with E-state index < -0.39 is 17.5 Å². The van der Waals surface area contributed by atoms with Crippen LogP contribution in [-0.4, -0.2) is 23.2 Å². The lowest BCUT2D eigenvalue weighted by molar-refractivity contribution is -0.159. The van der Waals surface area contributed by atoms with Crippen molar-refractivity contribution in [3.63, 3.8) is 0 Å². The van der Waals surface area contributed by atoms with Gasteiger partial charge in [-0.15, -0.1) is 0 Å². The number of amides is 1. The molecule has 0 unspecified atom stereocenters. The summed E-state index contributed by atoms with van der Waals surface area (Å²) in [5.74, 6) is -0.824. The van der Waals surface area contributed by atoms with Crippen LogP contribution in [0.5, 0.6) is 5.75 Å². The van der Waals surface area contributed by atoms with Crippen molar-refractivity contribution in [2.24, 2.45) is 5.41 Å². The lowest BCUT2D eigenvalue weighted by Gasteiger charge is -2.23. The van der Waals surface area contributed by atoms with E-state index in [4.69, 9.17) is 4.74 Å². The third-order valence-corrected chi connectivity index (χ3v) is 4.11. The number of rotatable bonds is 8. The molecule has 1 aromatic carbocycles. The fourth-order valence-corrected chi connectivity index (χ4v) is 2.44. The number of nitrogens with one attached hydrogen (secondary N) is 1. The maximum absolute atomic E-state index is 12.5. The van der Waals surface area contributed by atoms with Crippen molar-refractivity contribution >= 4 is 11.6 Å². The van der Waals surface area contributed by atoms with Gasteiger partial charge in [-0.2, -0.15) is 18.2 Å². The molecule has 2 aromatic rings. The van der Waals surface area contributed by atoms with Gasteiger partial charge < -0.3 is 14.6 Å². The maximum Gasteiger partial charge on any atom is 0.471 e. The summed E-state index contributed by atoms with van der Waals surface area (Å²) in [6, 6.07) is 7.05. The van der Waals surface area contributed by atoms with Gasteiger partial charge in [0.05, 0.1) is 7.11 Å². The van der Waals surface area contributed by atoms with Gasteiger partial charge in [0.25, 0.3) is 0 Å². The molecule has 1 aromatic heterocycles. The first-order valence-electron chi connectivity index (χ1n) is 8.47. The summed E-state index contributed by atoms with van der Waals surface area (Å²) in [4.78, 5) is 15.8. The highest BCUT2D eigenvalue weighted by Gasteiger charge is 2.38. The first-order chi connectivity index (χ1) is 12.6. The minimum Gasteiger partial charge on any atom is -0.497 e. The third-order valence-electron chi connectivity index (χ3n) is 4.11. The van der Waals surface area contributed by atoms with Gasteiger partial charge >= 0.3 is 12.1 Å². The van der Waals surface area contributed by atoms with Crippen LogP contribution in [-0.2, 0) is 17.4 Å². The van der Waals surface area contributed by atoms with E-state index >= 15 is 0 Å². The Kier molecular flexibility index (Phi) is 6.45. The number of aryl methyl sites for hydroxylation is 1. The van der Waals surface area contributed by atoms with E-state index in [1.807, 2.05) is 13.8 Å². The zero-order valence-electron chi connectivity index (χ0n) is 15.4. The molecular formula is C18H22F3N3O3. The minimum absolute atomic E-state index is 0.0148. The average molecular weight is 385 g/mol. The number of halogens is 3. The van der Waals surface area contributed by atoms with Crippen LogP contribution in [0.2, 0.25) is 0 Å². The molecule has 2 rings (SSSR count). The normalized spacial score (nSPS) is 12.1. The van der Waals surface area contributed by atoms with Crippen molar-refractivity contribution in [1.82, 2.24) is 10.1 Å². The summed E-state index contributed by atoms with van der Waals surface area (Å²) in [5, 5.41) is 6.18. The van der Waals surface area contributed by atoms with E-state index in [1.54, 1.807) is 31.4 Å². The third kappa shape index (κ3) is 5.97.